The Hall–Kier alpha value is -2.14. The Morgan fingerprint density at radius 1 is 1.09 bits per heavy atom. The van der Waals surface area contributed by atoms with Crippen LogP contribution in [0, 0.1) is 11.3 Å². The molecule has 0 radical (unpaired) electrons. The van der Waals surface area contributed by atoms with Crippen molar-refractivity contribution in [2.75, 3.05) is 26.2 Å². The molecule has 0 saturated carbocycles. The van der Waals surface area contributed by atoms with Gasteiger partial charge in [0.05, 0.1) is 29.3 Å². The van der Waals surface area contributed by atoms with Crippen molar-refractivity contribution in [2.24, 2.45) is 0 Å². The van der Waals surface area contributed by atoms with Gasteiger partial charge in [0.2, 0.25) is 10.0 Å². The lowest BCUT2D eigenvalue weighted by Crippen LogP contribution is -2.48. The predicted molar refractivity (Wildman–Crippen MR) is 83.9 cm³/mol. The van der Waals surface area contributed by atoms with Gasteiger partial charge >= 0.3 is 0 Å². The van der Waals surface area contributed by atoms with Crippen molar-refractivity contribution in [1.29, 1.82) is 5.26 Å². The van der Waals surface area contributed by atoms with Crippen LogP contribution in [0.15, 0.2) is 52.0 Å². The second-order valence-corrected chi connectivity index (χ2v) is 7.33. The summed E-state index contributed by atoms with van der Waals surface area (Å²) in [6.07, 6.45) is 1.64. The lowest BCUT2D eigenvalue weighted by atomic mass is 10.2. The van der Waals surface area contributed by atoms with Crippen LogP contribution in [0.4, 0.5) is 0 Å². The number of hydrogen-bond acceptors (Lipinski definition) is 5. The quantitative estimate of drug-likeness (QED) is 0.851. The summed E-state index contributed by atoms with van der Waals surface area (Å²) in [5.74, 6) is 0.883. The van der Waals surface area contributed by atoms with Gasteiger partial charge in [0.25, 0.3) is 0 Å². The number of furan rings is 1. The number of hydrogen-bond donors (Lipinski definition) is 0. The third-order valence-corrected chi connectivity index (χ3v) is 5.82. The second kappa shape index (κ2) is 6.54. The summed E-state index contributed by atoms with van der Waals surface area (Å²) in [4.78, 5) is 2.40. The normalized spacial score (nSPS) is 17.0. The van der Waals surface area contributed by atoms with E-state index in [0.717, 1.165) is 5.76 Å². The molecule has 0 unspecified atom stereocenters. The molecule has 23 heavy (non-hydrogen) atoms. The minimum Gasteiger partial charge on any atom is -0.468 e. The standard InChI is InChI=1S/C16H17N3O3S/c17-12-14-3-5-16(6-4-14)23(20,21)19-9-7-18(8-10-19)13-15-2-1-11-22-15/h1-6,11H,7-10,13H2. The highest BCUT2D eigenvalue weighted by atomic mass is 32.2. The van der Waals surface area contributed by atoms with Crippen LogP contribution < -0.4 is 0 Å². The molecule has 0 bridgehead atoms. The van der Waals surface area contributed by atoms with Crippen LogP contribution in [0.25, 0.3) is 0 Å². The van der Waals surface area contributed by atoms with E-state index in [0.29, 0.717) is 38.3 Å². The lowest BCUT2D eigenvalue weighted by molar-refractivity contribution is 0.171. The fourth-order valence-corrected chi connectivity index (χ4v) is 4.02. The second-order valence-electron chi connectivity index (χ2n) is 5.40. The molecule has 6 nitrogen and oxygen atoms in total. The number of sulfonamides is 1. The van der Waals surface area contributed by atoms with E-state index < -0.39 is 10.0 Å². The predicted octanol–water partition coefficient (Wildman–Crippen LogP) is 1.66. The molecule has 3 rings (SSSR count). The molecule has 1 aliphatic rings. The zero-order valence-corrected chi connectivity index (χ0v) is 13.4. The van der Waals surface area contributed by atoms with Gasteiger partial charge in [-0.3, -0.25) is 4.90 Å². The third kappa shape index (κ3) is 3.45. The smallest absolute Gasteiger partial charge is 0.243 e. The maximum Gasteiger partial charge on any atom is 0.243 e. The Morgan fingerprint density at radius 2 is 1.78 bits per heavy atom. The van der Waals surface area contributed by atoms with Gasteiger partial charge in [-0.05, 0) is 36.4 Å². The van der Waals surface area contributed by atoms with E-state index in [1.807, 2.05) is 18.2 Å². The van der Waals surface area contributed by atoms with Crippen molar-refractivity contribution in [1.82, 2.24) is 9.21 Å². The van der Waals surface area contributed by atoms with E-state index in [9.17, 15) is 8.42 Å². The van der Waals surface area contributed by atoms with Gasteiger partial charge in [-0.25, -0.2) is 8.42 Å². The molecule has 0 amide bonds. The minimum atomic E-state index is -3.50. The molecular weight excluding hydrogens is 314 g/mol. The Labute approximate surface area is 135 Å². The maximum absolute atomic E-state index is 12.6. The van der Waals surface area contributed by atoms with Gasteiger partial charge in [-0.15, -0.1) is 0 Å². The highest BCUT2D eigenvalue weighted by molar-refractivity contribution is 7.89. The molecule has 1 aromatic carbocycles. The van der Waals surface area contributed by atoms with Crippen molar-refractivity contribution in [2.45, 2.75) is 11.4 Å². The number of nitrogens with zero attached hydrogens (tertiary/aromatic N) is 3. The van der Waals surface area contributed by atoms with Crippen LogP contribution in [0.1, 0.15) is 11.3 Å². The van der Waals surface area contributed by atoms with Crippen LogP contribution in [-0.4, -0.2) is 43.8 Å². The summed E-state index contributed by atoms with van der Waals surface area (Å²) in [6.45, 7) is 2.91. The first kappa shape index (κ1) is 15.7. The summed E-state index contributed by atoms with van der Waals surface area (Å²) in [7, 11) is -3.50. The van der Waals surface area contributed by atoms with E-state index >= 15 is 0 Å². The van der Waals surface area contributed by atoms with Gasteiger partial charge in [-0.2, -0.15) is 9.57 Å². The molecular formula is C16H17N3O3S. The Kier molecular flexibility index (Phi) is 4.48. The molecule has 0 atom stereocenters. The average Bonchev–Trinajstić information content (AvgIpc) is 3.08. The lowest BCUT2D eigenvalue weighted by Gasteiger charge is -2.33. The molecule has 1 saturated heterocycles. The number of nitriles is 1. The molecule has 0 aliphatic carbocycles. The van der Waals surface area contributed by atoms with Crippen molar-refractivity contribution in [3.05, 3.63) is 54.0 Å². The van der Waals surface area contributed by atoms with Gasteiger partial charge in [0.1, 0.15) is 5.76 Å². The molecule has 1 aromatic heterocycles. The summed E-state index contributed by atoms with van der Waals surface area (Å²) in [5, 5.41) is 8.79. The van der Waals surface area contributed by atoms with Crippen molar-refractivity contribution in [3.63, 3.8) is 0 Å². The van der Waals surface area contributed by atoms with Crippen LogP contribution in [0.5, 0.6) is 0 Å². The molecule has 0 N–H and O–H groups in total. The Bertz CT molecular complexity index is 784. The van der Waals surface area contributed by atoms with Crippen LogP contribution in [-0.2, 0) is 16.6 Å². The number of benzene rings is 1. The monoisotopic (exact) mass is 331 g/mol. The fourth-order valence-electron chi connectivity index (χ4n) is 2.60. The van der Waals surface area contributed by atoms with E-state index in [1.165, 1.54) is 28.6 Å². The van der Waals surface area contributed by atoms with Gasteiger partial charge in [-0.1, -0.05) is 0 Å². The first-order chi connectivity index (χ1) is 11.1. The van der Waals surface area contributed by atoms with E-state index in [-0.39, 0.29) is 4.90 Å². The SMILES string of the molecule is N#Cc1ccc(S(=O)(=O)N2CCN(Cc3ccco3)CC2)cc1. The highest BCUT2D eigenvalue weighted by Crippen LogP contribution is 2.19. The van der Waals surface area contributed by atoms with E-state index in [4.69, 9.17) is 9.68 Å². The van der Waals surface area contributed by atoms with Crippen LogP contribution >= 0.6 is 0 Å². The average molecular weight is 331 g/mol. The zero-order chi connectivity index (χ0) is 16.3. The van der Waals surface area contributed by atoms with Crippen molar-refractivity contribution >= 4 is 10.0 Å². The number of rotatable bonds is 4. The number of piperazine rings is 1. The molecule has 2 heterocycles. The molecule has 0 spiro atoms. The van der Waals surface area contributed by atoms with Crippen molar-refractivity contribution < 1.29 is 12.8 Å². The van der Waals surface area contributed by atoms with Gasteiger partial charge < -0.3 is 4.42 Å². The van der Waals surface area contributed by atoms with Crippen LogP contribution in [0.3, 0.4) is 0 Å². The first-order valence-corrected chi connectivity index (χ1v) is 8.78. The third-order valence-electron chi connectivity index (χ3n) is 3.91. The zero-order valence-electron chi connectivity index (χ0n) is 12.6. The molecule has 120 valence electrons. The minimum absolute atomic E-state index is 0.232. The maximum atomic E-state index is 12.6. The van der Waals surface area contributed by atoms with Crippen LogP contribution in [0.2, 0.25) is 0 Å². The Morgan fingerprint density at radius 3 is 2.35 bits per heavy atom. The highest BCUT2D eigenvalue weighted by Gasteiger charge is 2.28. The largest absolute Gasteiger partial charge is 0.468 e. The van der Waals surface area contributed by atoms with E-state index in [1.54, 1.807) is 6.26 Å². The van der Waals surface area contributed by atoms with Gasteiger partial charge in [0, 0.05) is 26.2 Å². The molecule has 1 aliphatic heterocycles. The first-order valence-electron chi connectivity index (χ1n) is 7.34. The van der Waals surface area contributed by atoms with E-state index in [2.05, 4.69) is 4.90 Å². The summed E-state index contributed by atoms with van der Waals surface area (Å²) >= 11 is 0. The summed E-state index contributed by atoms with van der Waals surface area (Å²) in [6, 6.07) is 11.8. The molecule has 7 heteroatoms. The Balaban J connectivity index is 1.65. The summed E-state index contributed by atoms with van der Waals surface area (Å²) in [5.41, 5.74) is 0.451. The van der Waals surface area contributed by atoms with Crippen molar-refractivity contribution in [3.8, 4) is 6.07 Å². The molecule has 2 aromatic rings. The summed E-state index contributed by atoms with van der Waals surface area (Å²) < 4.78 is 32.0. The fraction of sp³-hybridized carbons (Fsp3) is 0.312. The van der Waals surface area contributed by atoms with Gasteiger partial charge in [0.15, 0.2) is 0 Å². The topological polar surface area (TPSA) is 77.5 Å². The molecule has 1 fully saturated rings.